The molecule has 1 fully saturated rings. The average Bonchev–Trinajstić information content (AvgIpc) is 3.21. The van der Waals surface area contributed by atoms with E-state index in [9.17, 15) is 14.0 Å². The van der Waals surface area contributed by atoms with E-state index in [4.69, 9.17) is 16.3 Å². The third-order valence-electron chi connectivity index (χ3n) is 5.72. The van der Waals surface area contributed by atoms with E-state index in [-0.39, 0.29) is 30.5 Å². The Hall–Kier alpha value is -2.75. The van der Waals surface area contributed by atoms with Crippen molar-refractivity contribution < 1.29 is 13.9 Å². The maximum Gasteiger partial charge on any atom is 0.276 e. The number of rotatable bonds is 6. The lowest BCUT2D eigenvalue weighted by atomic mass is 10.0. The van der Waals surface area contributed by atoms with Gasteiger partial charge in [-0.3, -0.25) is 19.6 Å². The predicted octanol–water partition coefficient (Wildman–Crippen LogP) is 2.24. The van der Waals surface area contributed by atoms with Crippen LogP contribution in [0.25, 0.3) is 5.65 Å². The van der Waals surface area contributed by atoms with Gasteiger partial charge in [-0.15, -0.1) is 0 Å². The number of hydrogen-bond acceptors (Lipinski definition) is 5. The minimum Gasteiger partial charge on any atom is -0.376 e. The van der Waals surface area contributed by atoms with Crippen molar-refractivity contribution in [2.24, 2.45) is 0 Å². The number of benzene rings is 1. The van der Waals surface area contributed by atoms with Gasteiger partial charge in [0.1, 0.15) is 5.82 Å². The zero-order chi connectivity index (χ0) is 22.8. The lowest BCUT2D eigenvalue weighted by molar-refractivity contribution is -0.120. The van der Waals surface area contributed by atoms with Crippen molar-refractivity contribution in [3.8, 4) is 0 Å². The Morgan fingerprint density at radius 2 is 2.25 bits per heavy atom. The molecule has 8 nitrogen and oxygen atoms in total. The number of H-pyrrole nitrogens is 1. The number of aromatic amines is 1. The number of nitrogens with zero attached hydrogens (tertiary/aromatic N) is 3. The molecule has 1 aliphatic heterocycles. The number of fused-ring (bicyclic) bond motifs is 1. The lowest BCUT2D eigenvalue weighted by Gasteiger charge is -2.38. The Morgan fingerprint density at radius 3 is 3.00 bits per heavy atom. The second-order valence-electron chi connectivity index (χ2n) is 7.95. The highest BCUT2D eigenvalue weighted by Gasteiger charge is 2.29. The zero-order valence-corrected chi connectivity index (χ0v) is 18.7. The number of hydrogen-bond donors (Lipinski definition) is 2. The van der Waals surface area contributed by atoms with Crippen LogP contribution in [-0.2, 0) is 16.0 Å². The molecule has 3 aromatic rings. The van der Waals surface area contributed by atoms with Crippen LogP contribution in [0.2, 0.25) is 5.02 Å². The summed E-state index contributed by atoms with van der Waals surface area (Å²) in [5.41, 5.74) is 1.33. The molecule has 4 rings (SSSR count). The molecule has 2 unspecified atom stereocenters. The van der Waals surface area contributed by atoms with Crippen molar-refractivity contribution in [1.82, 2.24) is 24.8 Å². The molecule has 32 heavy (non-hydrogen) atoms. The first kappa shape index (κ1) is 22.4. The molecule has 1 aromatic carbocycles. The summed E-state index contributed by atoms with van der Waals surface area (Å²) in [4.78, 5) is 31.9. The highest BCUT2D eigenvalue weighted by molar-refractivity contribution is 6.31. The van der Waals surface area contributed by atoms with Crippen LogP contribution in [0.15, 0.2) is 35.3 Å². The normalized spacial score (nSPS) is 18.1. The lowest BCUT2D eigenvalue weighted by Crippen LogP contribution is -2.47. The van der Waals surface area contributed by atoms with Crippen LogP contribution in [0, 0.1) is 12.7 Å². The molecule has 0 spiro atoms. The van der Waals surface area contributed by atoms with Crippen molar-refractivity contribution in [3.63, 3.8) is 0 Å². The van der Waals surface area contributed by atoms with Crippen molar-refractivity contribution in [2.75, 3.05) is 26.2 Å². The number of nitrogens with one attached hydrogen (secondary N) is 2. The monoisotopic (exact) mass is 461 g/mol. The third-order valence-corrected chi connectivity index (χ3v) is 6.05. The summed E-state index contributed by atoms with van der Waals surface area (Å²) in [6, 6.07) is 5.77. The number of carbonyl (C=O) groups excluding carboxylic acids is 1. The topological polar surface area (TPSA) is 91.7 Å². The molecule has 0 aliphatic carbocycles. The molecular weight excluding hydrogens is 437 g/mol. The SMILES string of the molecule is Cc1nc2cc[nH]n2c(=O)c1CC(=O)NCC(c1c(F)cccc1Cl)N1CCOC(C)C1. The largest absolute Gasteiger partial charge is 0.376 e. The number of halogens is 2. The Bertz CT molecular complexity index is 1170. The minimum atomic E-state index is -0.467. The van der Waals surface area contributed by atoms with Crippen LogP contribution in [0.5, 0.6) is 0 Å². The quantitative estimate of drug-likeness (QED) is 0.587. The van der Waals surface area contributed by atoms with E-state index >= 15 is 0 Å². The van der Waals surface area contributed by atoms with Gasteiger partial charge in [-0.2, -0.15) is 0 Å². The van der Waals surface area contributed by atoms with E-state index in [1.807, 2.05) is 6.92 Å². The smallest absolute Gasteiger partial charge is 0.276 e. The Kier molecular flexibility index (Phi) is 6.59. The first-order valence-electron chi connectivity index (χ1n) is 10.5. The van der Waals surface area contributed by atoms with Gasteiger partial charge in [0.25, 0.3) is 5.56 Å². The van der Waals surface area contributed by atoms with E-state index in [0.29, 0.717) is 47.2 Å². The minimum absolute atomic E-state index is 0.0196. The van der Waals surface area contributed by atoms with Gasteiger partial charge in [0.2, 0.25) is 5.91 Å². The molecule has 10 heteroatoms. The van der Waals surface area contributed by atoms with E-state index in [1.54, 1.807) is 31.3 Å². The number of aryl methyl sites for hydroxylation is 1. The molecular formula is C22H25ClFN5O3. The fourth-order valence-electron chi connectivity index (χ4n) is 4.11. The van der Waals surface area contributed by atoms with Gasteiger partial charge in [-0.25, -0.2) is 13.9 Å². The van der Waals surface area contributed by atoms with Crippen LogP contribution >= 0.6 is 11.6 Å². The van der Waals surface area contributed by atoms with Crippen LogP contribution in [-0.4, -0.2) is 57.8 Å². The van der Waals surface area contributed by atoms with Crippen LogP contribution in [0.4, 0.5) is 4.39 Å². The van der Waals surface area contributed by atoms with Crippen molar-refractivity contribution in [1.29, 1.82) is 0 Å². The number of carbonyl (C=O) groups is 1. The average molecular weight is 462 g/mol. The fourth-order valence-corrected chi connectivity index (χ4v) is 4.40. The van der Waals surface area contributed by atoms with Crippen LogP contribution in [0.1, 0.15) is 29.8 Å². The Morgan fingerprint density at radius 1 is 1.44 bits per heavy atom. The maximum absolute atomic E-state index is 14.7. The molecule has 2 atom stereocenters. The first-order valence-corrected chi connectivity index (χ1v) is 10.8. The highest BCUT2D eigenvalue weighted by Crippen LogP contribution is 2.31. The molecule has 2 N–H and O–H groups in total. The number of ether oxygens (including phenoxy) is 1. The van der Waals surface area contributed by atoms with Gasteiger partial charge in [0.05, 0.1) is 25.2 Å². The molecule has 1 saturated heterocycles. The summed E-state index contributed by atoms with van der Waals surface area (Å²) in [6.07, 6.45) is 1.46. The Labute approximate surface area is 189 Å². The van der Waals surface area contributed by atoms with Gasteiger partial charge >= 0.3 is 0 Å². The zero-order valence-electron chi connectivity index (χ0n) is 17.9. The van der Waals surface area contributed by atoms with Gasteiger partial charge in [0, 0.05) is 53.7 Å². The van der Waals surface area contributed by atoms with Gasteiger partial charge in [-0.05, 0) is 26.0 Å². The second-order valence-corrected chi connectivity index (χ2v) is 8.35. The molecule has 0 saturated carbocycles. The number of aromatic nitrogens is 3. The number of amides is 1. The summed E-state index contributed by atoms with van der Waals surface area (Å²) < 4.78 is 21.6. The summed E-state index contributed by atoms with van der Waals surface area (Å²) in [6.45, 7) is 5.47. The van der Waals surface area contributed by atoms with E-state index in [0.717, 1.165) is 0 Å². The molecule has 3 heterocycles. The number of morpholine rings is 1. The standard InChI is InChI=1S/C22H25ClFN5O3/c1-13-12-28(8-9-32-13)18(21-16(23)4-3-5-17(21)24)11-25-20(30)10-15-14(2)27-19-6-7-26-29(19)22(15)31/h3-7,13,18,26H,8-12H2,1-2H3,(H,25,30). The summed E-state index contributed by atoms with van der Waals surface area (Å²) >= 11 is 6.34. The van der Waals surface area contributed by atoms with Crippen LogP contribution < -0.4 is 10.9 Å². The van der Waals surface area contributed by atoms with Gasteiger partial charge in [0.15, 0.2) is 5.65 Å². The molecule has 0 bridgehead atoms. The molecule has 1 amide bonds. The highest BCUT2D eigenvalue weighted by atomic mass is 35.5. The van der Waals surface area contributed by atoms with Crippen molar-refractivity contribution >= 4 is 23.2 Å². The summed E-state index contributed by atoms with van der Waals surface area (Å²) in [5.74, 6) is -0.774. The van der Waals surface area contributed by atoms with Crippen molar-refractivity contribution in [2.45, 2.75) is 32.4 Å². The van der Waals surface area contributed by atoms with Gasteiger partial charge < -0.3 is 10.1 Å². The predicted molar refractivity (Wildman–Crippen MR) is 118 cm³/mol. The fraction of sp³-hybridized carbons (Fsp3) is 0.409. The first-order chi connectivity index (χ1) is 15.3. The van der Waals surface area contributed by atoms with E-state index < -0.39 is 11.9 Å². The summed E-state index contributed by atoms with van der Waals surface area (Å²) in [7, 11) is 0. The third kappa shape index (κ3) is 4.55. The molecule has 170 valence electrons. The van der Waals surface area contributed by atoms with Gasteiger partial charge in [-0.1, -0.05) is 17.7 Å². The van der Waals surface area contributed by atoms with E-state index in [2.05, 4.69) is 20.3 Å². The summed E-state index contributed by atoms with van der Waals surface area (Å²) in [5, 5.41) is 5.96. The Balaban J connectivity index is 1.54. The second kappa shape index (κ2) is 9.40. The van der Waals surface area contributed by atoms with Crippen LogP contribution in [0.3, 0.4) is 0 Å². The molecule has 0 radical (unpaired) electrons. The maximum atomic E-state index is 14.7. The van der Waals surface area contributed by atoms with E-state index in [1.165, 1.54) is 10.6 Å². The molecule has 1 aliphatic rings. The molecule has 2 aromatic heterocycles. The van der Waals surface area contributed by atoms with Crippen molar-refractivity contribution in [3.05, 3.63) is 68.5 Å².